The second kappa shape index (κ2) is 12.6. The Morgan fingerprint density at radius 2 is 1.68 bits per heavy atom. The zero-order valence-electron chi connectivity index (χ0n) is 17.8. The fourth-order valence-corrected chi connectivity index (χ4v) is 5.23. The first-order valence-electron chi connectivity index (χ1n) is 9.82. The predicted octanol–water partition coefficient (Wildman–Crippen LogP) is 6.47. The van der Waals surface area contributed by atoms with Crippen LogP contribution in [0.15, 0.2) is 42.5 Å². The highest BCUT2D eigenvalue weighted by molar-refractivity contribution is 7.80. The summed E-state index contributed by atoms with van der Waals surface area (Å²) in [4.78, 5) is 1.77. The second-order valence-corrected chi connectivity index (χ2v) is 9.78. The van der Waals surface area contributed by atoms with Crippen LogP contribution in [-0.4, -0.2) is 43.2 Å². The summed E-state index contributed by atoms with van der Waals surface area (Å²) in [5.41, 5.74) is 1.68. The number of rotatable bonds is 11. The van der Waals surface area contributed by atoms with Gasteiger partial charge in [0.25, 0.3) is 0 Å². The van der Waals surface area contributed by atoms with E-state index >= 15 is 0 Å². The molecule has 31 heavy (non-hydrogen) atoms. The Morgan fingerprint density at radius 3 is 2.26 bits per heavy atom. The molecule has 0 heterocycles. The highest BCUT2D eigenvalue weighted by Gasteiger charge is 2.29. The Labute approximate surface area is 199 Å². The number of hydrogen-bond acceptors (Lipinski definition) is 5. The monoisotopic (exact) mass is 504 g/mol. The van der Waals surface area contributed by atoms with Gasteiger partial charge in [0, 0.05) is 16.6 Å². The van der Waals surface area contributed by atoms with Crippen molar-refractivity contribution in [3.8, 4) is 5.75 Å². The molecule has 0 saturated carbocycles. The van der Waals surface area contributed by atoms with E-state index < -0.39 is 7.60 Å². The van der Waals surface area contributed by atoms with Gasteiger partial charge in [-0.15, -0.1) is 0 Å². The molecule has 0 aliphatic rings. The summed E-state index contributed by atoms with van der Waals surface area (Å²) in [6.07, 6.45) is 0.668. The van der Waals surface area contributed by atoms with Crippen LogP contribution in [0.4, 0.5) is 5.69 Å². The van der Waals surface area contributed by atoms with E-state index in [1.807, 2.05) is 24.3 Å². The fourth-order valence-electron chi connectivity index (χ4n) is 2.85. The molecule has 1 N–H and O–H groups in total. The van der Waals surface area contributed by atoms with Crippen LogP contribution in [0, 0.1) is 0 Å². The van der Waals surface area contributed by atoms with Crippen LogP contribution in [0.2, 0.25) is 10.0 Å². The van der Waals surface area contributed by atoms with Crippen molar-refractivity contribution in [2.45, 2.75) is 20.3 Å². The van der Waals surface area contributed by atoms with Crippen LogP contribution in [0.5, 0.6) is 5.75 Å². The third-order valence-corrected chi connectivity index (χ3v) is 7.11. The number of nitrogens with one attached hydrogen (secondary N) is 1. The first-order valence-corrected chi connectivity index (χ1v) is 12.7. The van der Waals surface area contributed by atoms with Gasteiger partial charge in [-0.1, -0.05) is 35.3 Å². The van der Waals surface area contributed by atoms with Crippen LogP contribution in [0.1, 0.15) is 19.4 Å². The molecule has 2 aromatic carbocycles. The van der Waals surface area contributed by atoms with E-state index in [0.717, 1.165) is 5.56 Å². The lowest BCUT2D eigenvalue weighted by Crippen LogP contribution is -2.37. The second-order valence-electron chi connectivity index (χ2n) is 6.50. The van der Waals surface area contributed by atoms with Crippen LogP contribution in [0.3, 0.4) is 0 Å². The molecule has 0 fully saturated rings. The minimum absolute atomic E-state index is 0.0109. The molecule has 0 aliphatic carbocycles. The minimum atomic E-state index is -3.37. The molecule has 0 aliphatic heterocycles. The van der Waals surface area contributed by atoms with Crippen LogP contribution in [-0.2, 0) is 20.0 Å². The molecule has 0 amide bonds. The number of anilines is 1. The Morgan fingerprint density at radius 1 is 1.06 bits per heavy atom. The molecule has 2 aromatic rings. The van der Waals surface area contributed by atoms with E-state index in [2.05, 4.69) is 5.32 Å². The highest BCUT2D eigenvalue weighted by Crippen LogP contribution is 2.48. The lowest BCUT2D eigenvalue weighted by Gasteiger charge is -2.29. The summed E-state index contributed by atoms with van der Waals surface area (Å²) in [5.74, 6) is 0.585. The number of thiocarbonyl (C=S) groups is 1. The van der Waals surface area contributed by atoms with Gasteiger partial charge in [0.2, 0.25) is 0 Å². The average Bonchev–Trinajstić information content (AvgIpc) is 2.73. The standard InChI is InChI=1S/C21H27Cl2N2O4PS/c1-4-28-30(26,29-5-2)15-25(13-12-16-6-8-17(22)9-7-16)21(31)24-19-14-18(23)10-11-20(19)27-3/h6-11,14H,4-5,12-13,15H2,1-3H3,(H,24,31). The summed E-state index contributed by atoms with van der Waals surface area (Å²) in [5, 5.41) is 4.71. The number of nitrogens with zero attached hydrogens (tertiary/aromatic N) is 1. The van der Waals surface area contributed by atoms with E-state index in [-0.39, 0.29) is 19.5 Å². The number of benzene rings is 2. The number of hydrogen-bond donors (Lipinski definition) is 1. The molecule has 6 nitrogen and oxygen atoms in total. The van der Waals surface area contributed by atoms with Crippen LogP contribution < -0.4 is 10.1 Å². The molecule has 2 rings (SSSR count). The summed E-state index contributed by atoms with van der Waals surface area (Å²) < 4.78 is 29.5. The van der Waals surface area contributed by atoms with Crippen molar-refractivity contribution in [1.29, 1.82) is 0 Å². The summed E-state index contributed by atoms with van der Waals surface area (Å²) in [6.45, 7) is 4.57. The van der Waals surface area contributed by atoms with Crippen LogP contribution >= 0.6 is 43.0 Å². The molecule has 10 heteroatoms. The fraction of sp³-hybridized carbons (Fsp3) is 0.381. The molecule has 0 unspecified atom stereocenters. The smallest absolute Gasteiger partial charge is 0.349 e. The van der Waals surface area contributed by atoms with E-state index in [0.29, 0.717) is 39.6 Å². The van der Waals surface area contributed by atoms with Crippen molar-refractivity contribution in [2.75, 3.05) is 38.5 Å². The maximum absolute atomic E-state index is 13.2. The topological polar surface area (TPSA) is 60.0 Å². The third kappa shape index (κ3) is 8.26. The molecular formula is C21H27Cl2N2O4PS. The van der Waals surface area contributed by atoms with Gasteiger partial charge in [0.05, 0.1) is 26.0 Å². The van der Waals surface area contributed by atoms with Gasteiger partial charge >= 0.3 is 7.60 Å². The maximum atomic E-state index is 13.2. The van der Waals surface area contributed by atoms with Gasteiger partial charge in [-0.25, -0.2) is 0 Å². The van der Waals surface area contributed by atoms with Crippen molar-refractivity contribution < 1.29 is 18.3 Å². The van der Waals surface area contributed by atoms with Crippen molar-refractivity contribution in [3.05, 3.63) is 58.1 Å². The molecule has 0 saturated heterocycles. The minimum Gasteiger partial charge on any atom is -0.495 e. The van der Waals surface area contributed by atoms with Crippen molar-refractivity contribution >= 4 is 53.8 Å². The van der Waals surface area contributed by atoms with Crippen molar-refractivity contribution in [3.63, 3.8) is 0 Å². The van der Waals surface area contributed by atoms with E-state index in [1.165, 1.54) is 0 Å². The lowest BCUT2D eigenvalue weighted by molar-refractivity contribution is 0.210. The highest BCUT2D eigenvalue weighted by atomic mass is 35.5. The number of ether oxygens (including phenoxy) is 1. The summed E-state index contributed by atoms with van der Waals surface area (Å²) >= 11 is 17.8. The quantitative estimate of drug-likeness (QED) is 0.278. The SMILES string of the molecule is CCOP(=O)(CN(CCc1ccc(Cl)cc1)C(=S)Nc1cc(Cl)ccc1OC)OCC. The van der Waals surface area contributed by atoms with Gasteiger partial charge in [0.1, 0.15) is 12.0 Å². The largest absolute Gasteiger partial charge is 0.495 e. The van der Waals surface area contributed by atoms with Crippen molar-refractivity contribution in [1.82, 2.24) is 4.90 Å². The van der Waals surface area contributed by atoms with Gasteiger partial charge in [-0.05, 0) is 68.4 Å². The third-order valence-electron chi connectivity index (χ3n) is 4.27. The summed E-state index contributed by atoms with van der Waals surface area (Å²) in [7, 11) is -1.81. The lowest BCUT2D eigenvalue weighted by atomic mass is 10.1. The molecular weight excluding hydrogens is 478 g/mol. The zero-order valence-corrected chi connectivity index (χ0v) is 21.0. The number of methoxy groups -OCH3 is 1. The zero-order chi connectivity index (χ0) is 22.9. The predicted molar refractivity (Wildman–Crippen MR) is 132 cm³/mol. The first-order chi connectivity index (χ1) is 14.8. The van der Waals surface area contributed by atoms with E-state index in [9.17, 15) is 4.57 Å². The van der Waals surface area contributed by atoms with Crippen LogP contribution in [0.25, 0.3) is 0 Å². The molecule has 0 radical (unpaired) electrons. The number of halogens is 2. The van der Waals surface area contributed by atoms with Gasteiger partial charge in [-0.3, -0.25) is 4.57 Å². The summed E-state index contributed by atoms with van der Waals surface area (Å²) in [6, 6.07) is 12.7. The van der Waals surface area contributed by atoms with E-state index in [4.69, 9.17) is 49.2 Å². The average molecular weight is 505 g/mol. The molecule has 170 valence electrons. The first kappa shape index (κ1) is 25.9. The Balaban J connectivity index is 2.24. The van der Waals surface area contributed by atoms with Gasteiger partial charge in [-0.2, -0.15) is 0 Å². The maximum Gasteiger partial charge on any atom is 0.349 e. The Hall–Kier alpha value is -1.34. The van der Waals surface area contributed by atoms with Gasteiger partial charge in [0.15, 0.2) is 5.11 Å². The van der Waals surface area contributed by atoms with E-state index in [1.54, 1.807) is 44.1 Å². The molecule has 0 bridgehead atoms. The molecule has 0 atom stereocenters. The molecule has 0 aromatic heterocycles. The van der Waals surface area contributed by atoms with Gasteiger partial charge < -0.3 is 24.0 Å². The van der Waals surface area contributed by atoms with Crippen molar-refractivity contribution in [2.24, 2.45) is 0 Å². The molecule has 0 spiro atoms. The normalized spacial score (nSPS) is 11.3. The Kier molecular flexibility index (Phi) is 10.6. The Bertz CT molecular complexity index is 905.